The molecule has 1 aromatic rings. The molecule has 2 amide bonds. The smallest absolute Gasteiger partial charge is 0.335 e. The summed E-state index contributed by atoms with van der Waals surface area (Å²) in [5.74, 6) is -1.41. The first-order valence-corrected chi connectivity index (χ1v) is 5.97. The molecule has 1 aromatic carbocycles. The number of piperidine rings is 1. The summed E-state index contributed by atoms with van der Waals surface area (Å²) in [6.07, 6.45) is 0.982. The maximum Gasteiger partial charge on any atom is 0.335 e. The van der Waals surface area contributed by atoms with Gasteiger partial charge in [-0.15, -0.1) is 0 Å². The molecule has 0 spiro atoms. The van der Waals surface area contributed by atoms with Crippen LogP contribution in [0.1, 0.15) is 33.6 Å². The molecule has 2 rings (SSSR count). The molecule has 1 aliphatic rings. The van der Waals surface area contributed by atoms with Crippen LogP contribution in [0.15, 0.2) is 24.3 Å². The zero-order valence-electron chi connectivity index (χ0n) is 10.2. The summed E-state index contributed by atoms with van der Waals surface area (Å²) in [6.45, 7) is 0.406. The number of amides is 2. The minimum atomic E-state index is -1.07. The standard InChI is InChI=1S/C13H14N2O4/c16-11-5-4-10(7-14-11)15-12(17)8-2-1-3-9(6-8)13(18)19/h1-3,6,10H,4-5,7H2,(H,14,16)(H,15,17)(H,18,19). The molecule has 0 bridgehead atoms. The van der Waals surface area contributed by atoms with Crippen LogP contribution in [-0.4, -0.2) is 35.5 Å². The first kappa shape index (κ1) is 13.1. The van der Waals surface area contributed by atoms with Gasteiger partial charge in [0.05, 0.1) is 5.56 Å². The van der Waals surface area contributed by atoms with Crippen molar-refractivity contribution >= 4 is 17.8 Å². The summed E-state index contributed by atoms with van der Waals surface area (Å²) >= 11 is 0. The van der Waals surface area contributed by atoms with Crippen LogP contribution >= 0.6 is 0 Å². The second kappa shape index (κ2) is 5.51. The minimum absolute atomic E-state index is 0.0154. The molecule has 6 heteroatoms. The molecule has 0 saturated carbocycles. The van der Waals surface area contributed by atoms with Gasteiger partial charge in [0.15, 0.2) is 0 Å². The Morgan fingerprint density at radius 3 is 2.68 bits per heavy atom. The Hall–Kier alpha value is -2.37. The summed E-state index contributed by atoms with van der Waals surface area (Å²) in [6, 6.07) is 5.74. The molecular weight excluding hydrogens is 248 g/mol. The van der Waals surface area contributed by atoms with E-state index in [9.17, 15) is 14.4 Å². The molecule has 1 unspecified atom stereocenters. The summed E-state index contributed by atoms with van der Waals surface area (Å²) in [4.78, 5) is 33.8. The lowest BCUT2D eigenvalue weighted by Gasteiger charge is -2.23. The Kier molecular flexibility index (Phi) is 3.79. The van der Waals surface area contributed by atoms with Gasteiger partial charge >= 0.3 is 5.97 Å². The van der Waals surface area contributed by atoms with Crippen LogP contribution in [0.3, 0.4) is 0 Å². The Morgan fingerprint density at radius 1 is 1.32 bits per heavy atom. The molecule has 1 fully saturated rings. The van der Waals surface area contributed by atoms with Gasteiger partial charge in [0, 0.05) is 24.6 Å². The fraction of sp³-hybridized carbons (Fsp3) is 0.308. The number of benzene rings is 1. The molecule has 0 radical (unpaired) electrons. The van der Waals surface area contributed by atoms with Crippen LogP contribution in [0.25, 0.3) is 0 Å². The van der Waals surface area contributed by atoms with Crippen LogP contribution in [0.2, 0.25) is 0 Å². The molecule has 6 nitrogen and oxygen atoms in total. The minimum Gasteiger partial charge on any atom is -0.478 e. The average molecular weight is 262 g/mol. The number of nitrogens with one attached hydrogen (secondary N) is 2. The molecule has 19 heavy (non-hydrogen) atoms. The molecule has 1 atom stereocenters. The molecule has 3 N–H and O–H groups in total. The SMILES string of the molecule is O=C1CCC(NC(=O)c2cccc(C(=O)O)c2)CN1. The largest absolute Gasteiger partial charge is 0.478 e. The Balaban J connectivity index is 2.01. The summed E-state index contributed by atoms with van der Waals surface area (Å²) in [5.41, 5.74) is 0.376. The highest BCUT2D eigenvalue weighted by atomic mass is 16.4. The Morgan fingerprint density at radius 2 is 2.05 bits per heavy atom. The Bertz CT molecular complexity index is 517. The van der Waals surface area contributed by atoms with Gasteiger partial charge < -0.3 is 15.7 Å². The van der Waals surface area contributed by atoms with Gasteiger partial charge in [-0.25, -0.2) is 4.79 Å². The first-order chi connectivity index (χ1) is 9.06. The third-order valence-electron chi connectivity index (χ3n) is 2.97. The number of carbonyl (C=O) groups excluding carboxylic acids is 2. The highest BCUT2D eigenvalue weighted by Crippen LogP contribution is 2.08. The number of hydrogen-bond donors (Lipinski definition) is 3. The quantitative estimate of drug-likeness (QED) is 0.734. The van der Waals surface area contributed by atoms with Crippen molar-refractivity contribution < 1.29 is 19.5 Å². The van der Waals surface area contributed by atoms with Gasteiger partial charge in [0.1, 0.15) is 0 Å². The van der Waals surface area contributed by atoms with E-state index in [1.165, 1.54) is 18.2 Å². The van der Waals surface area contributed by atoms with E-state index in [1.807, 2.05) is 0 Å². The van der Waals surface area contributed by atoms with E-state index < -0.39 is 5.97 Å². The maximum atomic E-state index is 12.0. The van der Waals surface area contributed by atoms with Gasteiger partial charge in [-0.2, -0.15) is 0 Å². The van der Waals surface area contributed by atoms with Crippen LogP contribution in [0.4, 0.5) is 0 Å². The number of carboxylic acids is 1. The second-order valence-corrected chi connectivity index (χ2v) is 4.40. The monoisotopic (exact) mass is 262 g/mol. The Labute approximate surface area is 109 Å². The molecular formula is C13H14N2O4. The third kappa shape index (κ3) is 3.31. The number of hydrogen-bond acceptors (Lipinski definition) is 3. The second-order valence-electron chi connectivity index (χ2n) is 4.40. The van der Waals surface area contributed by atoms with Gasteiger partial charge in [0.2, 0.25) is 5.91 Å². The molecule has 0 aliphatic carbocycles. The van der Waals surface area contributed by atoms with Gasteiger partial charge in [-0.05, 0) is 24.6 Å². The first-order valence-electron chi connectivity index (χ1n) is 5.97. The van der Waals surface area contributed by atoms with E-state index in [1.54, 1.807) is 6.07 Å². The van der Waals surface area contributed by atoms with E-state index in [-0.39, 0.29) is 23.4 Å². The molecule has 1 saturated heterocycles. The highest BCUT2D eigenvalue weighted by Gasteiger charge is 2.20. The summed E-state index contributed by atoms with van der Waals surface area (Å²) in [7, 11) is 0. The van der Waals surface area contributed by atoms with E-state index in [4.69, 9.17) is 5.11 Å². The van der Waals surface area contributed by atoms with E-state index in [0.29, 0.717) is 24.9 Å². The van der Waals surface area contributed by atoms with E-state index in [2.05, 4.69) is 10.6 Å². The maximum absolute atomic E-state index is 12.0. The predicted octanol–water partition coefficient (Wildman–Crippen LogP) is 0.393. The van der Waals surface area contributed by atoms with Crippen molar-refractivity contribution in [3.05, 3.63) is 35.4 Å². The number of aromatic carboxylic acids is 1. The fourth-order valence-corrected chi connectivity index (χ4v) is 1.92. The van der Waals surface area contributed by atoms with Crippen LogP contribution in [0, 0.1) is 0 Å². The van der Waals surface area contributed by atoms with Gasteiger partial charge in [-0.3, -0.25) is 9.59 Å². The van der Waals surface area contributed by atoms with Crippen molar-refractivity contribution in [1.29, 1.82) is 0 Å². The van der Waals surface area contributed by atoms with Crippen LogP contribution < -0.4 is 10.6 Å². The van der Waals surface area contributed by atoms with Crippen LogP contribution in [-0.2, 0) is 4.79 Å². The van der Waals surface area contributed by atoms with Crippen molar-refractivity contribution in [2.45, 2.75) is 18.9 Å². The lowest BCUT2D eigenvalue weighted by atomic mass is 10.1. The number of carboxylic acid groups (broad SMARTS) is 1. The molecule has 100 valence electrons. The fourth-order valence-electron chi connectivity index (χ4n) is 1.92. The normalized spacial score (nSPS) is 18.5. The lowest BCUT2D eigenvalue weighted by Crippen LogP contribution is -2.47. The summed E-state index contributed by atoms with van der Waals surface area (Å²) in [5, 5.41) is 14.3. The number of carbonyl (C=O) groups is 3. The van der Waals surface area contributed by atoms with Crippen molar-refractivity contribution in [3.63, 3.8) is 0 Å². The molecule has 0 aromatic heterocycles. The zero-order valence-corrected chi connectivity index (χ0v) is 10.2. The van der Waals surface area contributed by atoms with Crippen molar-refractivity contribution in [1.82, 2.24) is 10.6 Å². The van der Waals surface area contributed by atoms with Crippen molar-refractivity contribution in [3.8, 4) is 0 Å². The highest BCUT2D eigenvalue weighted by molar-refractivity contribution is 5.97. The predicted molar refractivity (Wildman–Crippen MR) is 66.9 cm³/mol. The van der Waals surface area contributed by atoms with E-state index >= 15 is 0 Å². The topological polar surface area (TPSA) is 95.5 Å². The van der Waals surface area contributed by atoms with Crippen LogP contribution in [0.5, 0.6) is 0 Å². The van der Waals surface area contributed by atoms with Gasteiger partial charge in [0.25, 0.3) is 5.91 Å². The molecule has 1 aliphatic heterocycles. The lowest BCUT2D eigenvalue weighted by molar-refractivity contribution is -0.122. The van der Waals surface area contributed by atoms with Crippen molar-refractivity contribution in [2.24, 2.45) is 0 Å². The average Bonchev–Trinajstić information content (AvgIpc) is 2.41. The number of rotatable bonds is 3. The zero-order chi connectivity index (χ0) is 13.8. The third-order valence-corrected chi connectivity index (χ3v) is 2.97. The van der Waals surface area contributed by atoms with E-state index in [0.717, 1.165) is 0 Å². The molecule has 1 heterocycles. The summed E-state index contributed by atoms with van der Waals surface area (Å²) < 4.78 is 0. The van der Waals surface area contributed by atoms with Gasteiger partial charge in [-0.1, -0.05) is 6.07 Å². The van der Waals surface area contributed by atoms with Crippen molar-refractivity contribution in [2.75, 3.05) is 6.54 Å².